The van der Waals surface area contributed by atoms with Gasteiger partial charge in [-0.25, -0.2) is 0 Å². The van der Waals surface area contributed by atoms with Crippen molar-refractivity contribution < 1.29 is 14.3 Å². The third kappa shape index (κ3) is 2.35. The van der Waals surface area contributed by atoms with E-state index in [0.717, 1.165) is 5.56 Å². The Balaban J connectivity index is 1.78. The number of hydrogen-bond acceptors (Lipinski definition) is 4. The zero-order valence-corrected chi connectivity index (χ0v) is 14.3. The Kier molecular flexibility index (Phi) is 3.69. The zero-order valence-electron chi connectivity index (χ0n) is 12.8. The predicted molar refractivity (Wildman–Crippen MR) is 90.3 cm³/mol. The van der Waals surface area contributed by atoms with Crippen molar-refractivity contribution in [2.24, 2.45) is 0 Å². The van der Waals surface area contributed by atoms with E-state index in [4.69, 9.17) is 9.47 Å². The van der Waals surface area contributed by atoms with Crippen LogP contribution in [-0.4, -0.2) is 30.2 Å². The van der Waals surface area contributed by atoms with Crippen molar-refractivity contribution in [3.63, 3.8) is 0 Å². The van der Waals surface area contributed by atoms with E-state index >= 15 is 0 Å². The Bertz CT molecular complexity index is 859. The highest BCUT2D eigenvalue weighted by Crippen LogP contribution is 2.33. The molecule has 0 aliphatic carbocycles. The van der Waals surface area contributed by atoms with Gasteiger partial charge in [0, 0.05) is 12.7 Å². The maximum absolute atomic E-state index is 12.5. The summed E-state index contributed by atoms with van der Waals surface area (Å²) in [4.78, 5) is 24.9. The molecule has 1 N–H and O–H groups in total. The van der Waals surface area contributed by atoms with Gasteiger partial charge in [-0.1, -0.05) is 30.3 Å². The van der Waals surface area contributed by atoms with E-state index in [0.29, 0.717) is 24.2 Å². The molecule has 1 spiro atoms. The van der Waals surface area contributed by atoms with Crippen molar-refractivity contribution >= 4 is 21.8 Å². The molecule has 124 valence electrons. The van der Waals surface area contributed by atoms with Crippen LogP contribution in [0.25, 0.3) is 0 Å². The summed E-state index contributed by atoms with van der Waals surface area (Å²) in [6.45, 7) is 1.68. The number of nitrogens with one attached hydrogen (secondary N) is 1. The zero-order chi connectivity index (χ0) is 16.7. The molecule has 7 heteroatoms. The molecule has 4 rings (SSSR count). The molecule has 0 atom stereocenters. The molecule has 2 aliphatic rings. The minimum atomic E-state index is -0.343. The van der Waals surface area contributed by atoms with Crippen LogP contribution in [0.3, 0.4) is 0 Å². The molecule has 6 nitrogen and oxygen atoms in total. The molecule has 0 radical (unpaired) electrons. The number of fused-ring (bicyclic) bond motifs is 2. The lowest BCUT2D eigenvalue weighted by molar-refractivity contribution is -0.102. The van der Waals surface area contributed by atoms with Gasteiger partial charge in [0.25, 0.3) is 5.91 Å². The van der Waals surface area contributed by atoms with Gasteiger partial charge in [0.1, 0.15) is 12.1 Å². The Morgan fingerprint density at radius 3 is 2.67 bits per heavy atom. The van der Waals surface area contributed by atoms with E-state index in [1.54, 1.807) is 6.20 Å². The SMILES string of the molecule is O=C1NCC2(COC2)n2cc(Br)c(=O)c(OCc3ccccc3)c21. The molecule has 1 fully saturated rings. The summed E-state index contributed by atoms with van der Waals surface area (Å²) in [6.07, 6.45) is 1.66. The maximum atomic E-state index is 12.5. The first kappa shape index (κ1) is 15.4. The lowest BCUT2D eigenvalue weighted by Gasteiger charge is -2.47. The number of nitrogens with zero attached hydrogens (tertiary/aromatic N) is 1. The fourth-order valence-corrected chi connectivity index (χ4v) is 3.39. The first-order valence-corrected chi connectivity index (χ1v) is 8.38. The van der Waals surface area contributed by atoms with Crippen molar-refractivity contribution in [1.82, 2.24) is 9.88 Å². The van der Waals surface area contributed by atoms with Crippen LogP contribution >= 0.6 is 15.9 Å². The highest BCUT2D eigenvalue weighted by molar-refractivity contribution is 9.10. The number of halogens is 1. The molecule has 1 aromatic carbocycles. The number of rotatable bonds is 3. The van der Waals surface area contributed by atoms with Crippen LogP contribution < -0.4 is 15.5 Å². The molecule has 3 heterocycles. The van der Waals surface area contributed by atoms with E-state index in [9.17, 15) is 9.59 Å². The first-order chi connectivity index (χ1) is 11.6. The van der Waals surface area contributed by atoms with Crippen LogP contribution in [0.1, 0.15) is 16.1 Å². The second-order valence-electron chi connectivity index (χ2n) is 6.03. The van der Waals surface area contributed by atoms with Gasteiger partial charge in [-0.2, -0.15) is 0 Å². The normalized spacial score (nSPS) is 17.8. The van der Waals surface area contributed by atoms with Gasteiger partial charge in [-0.15, -0.1) is 0 Å². The minimum absolute atomic E-state index is 0.0664. The number of benzene rings is 1. The summed E-state index contributed by atoms with van der Waals surface area (Å²) in [6, 6.07) is 9.52. The summed E-state index contributed by atoms with van der Waals surface area (Å²) >= 11 is 3.29. The topological polar surface area (TPSA) is 69.6 Å². The molecule has 0 bridgehead atoms. The molecule has 1 saturated heterocycles. The molecule has 1 amide bonds. The first-order valence-electron chi connectivity index (χ1n) is 7.59. The molecule has 24 heavy (non-hydrogen) atoms. The van der Waals surface area contributed by atoms with Crippen molar-refractivity contribution in [3.05, 3.63) is 62.5 Å². The van der Waals surface area contributed by atoms with Crippen LogP contribution in [0, 0.1) is 0 Å². The fraction of sp³-hybridized carbons (Fsp3) is 0.294. The standard InChI is InChI=1S/C17H15BrN2O4/c18-12-6-20-13(16(22)19-8-17(20)9-23-10-17)15(14(12)21)24-7-11-4-2-1-3-5-11/h1-6H,7-10H2,(H,19,22). The van der Waals surface area contributed by atoms with Crippen molar-refractivity contribution in [1.29, 1.82) is 0 Å². The molecule has 2 aromatic rings. The summed E-state index contributed by atoms with van der Waals surface area (Å²) in [5, 5.41) is 2.84. The van der Waals surface area contributed by atoms with Crippen LogP contribution in [0.4, 0.5) is 0 Å². The second-order valence-corrected chi connectivity index (χ2v) is 6.88. The van der Waals surface area contributed by atoms with Gasteiger partial charge in [-0.05, 0) is 21.5 Å². The Hall–Kier alpha value is -2.12. The smallest absolute Gasteiger partial charge is 0.272 e. The Labute approximate surface area is 146 Å². The summed E-state index contributed by atoms with van der Waals surface area (Å²) in [5.74, 6) is -0.239. The number of ether oxygens (including phenoxy) is 2. The van der Waals surface area contributed by atoms with Gasteiger partial charge < -0.3 is 19.4 Å². The van der Waals surface area contributed by atoms with Gasteiger partial charge in [0.15, 0.2) is 11.4 Å². The van der Waals surface area contributed by atoms with Crippen LogP contribution in [-0.2, 0) is 16.9 Å². The molecule has 0 saturated carbocycles. The van der Waals surface area contributed by atoms with Gasteiger partial charge in [0.05, 0.1) is 17.7 Å². The van der Waals surface area contributed by atoms with Crippen molar-refractivity contribution in [2.75, 3.05) is 19.8 Å². The quantitative estimate of drug-likeness (QED) is 0.864. The largest absolute Gasteiger partial charge is 0.483 e. The number of amides is 1. The minimum Gasteiger partial charge on any atom is -0.483 e. The number of hydrogen-bond donors (Lipinski definition) is 1. The summed E-state index contributed by atoms with van der Waals surface area (Å²) in [7, 11) is 0. The molecule has 0 unspecified atom stereocenters. The molecule has 2 aliphatic heterocycles. The average molecular weight is 391 g/mol. The summed E-state index contributed by atoms with van der Waals surface area (Å²) < 4.78 is 13.3. The maximum Gasteiger partial charge on any atom is 0.272 e. The lowest BCUT2D eigenvalue weighted by Crippen LogP contribution is -2.63. The van der Waals surface area contributed by atoms with Crippen molar-refractivity contribution in [3.8, 4) is 5.75 Å². The highest BCUT2D eigenvalue weighted by atomic mass is 79.9. The Morgan fingerprint density at radius 2 is 2.00 bits per heavy atom. The van der Waals surface area contributed by atoms with Crippen LogP contribution in [0.5, 0.6) is 5.75 Å². The number of pyridine rings is 1. The highest BCUT2D eigenvalue weighted by Gasteiger charge is 2.46. The van der Waals surface area contributed by atoms with E-state index in [1.807, 2.05) is 34.9 Å². The molecular formula is C17H15BrN2O4. The van der Waals surface area contributed by atoms with Crippen LogP contribution in [0.2, 0.25) is 0 Å². The summed E-state index contributed by atoms with van der Waals surface area (Å²) in [5.41, 5.74) is 0.511. The van der Waals surface area contributed by atoms with Gasteiger partial charge in [-0.3, -0.25) is 9.59 Å². The number of carbonyl (C=O) groups is 1. The third-order valence-electron chi connectivity index (χ3n) is 4.39. The lowest BCUT2D eigenvalue weighted by atomic mass is 9.93. The van der Waals surface area contributed by atoms with E-state index < -0.39 is 0 Å². The third-order valence-corrected chi connectivity index (χ3v) is 4.96. The number of aromatic nitrogens is 1. The van der Waals surface area contributed by atoms with E-state index in [1.165, 1.54) is 0 Å². The fourth-order valence-electron chi connectivity index (χ4n) is 3.00. The van der Waals surface area contributed by atoms with Crippen molar-refractivity contribution in [2.45, 2.75) is 12.1 Å². The molecular weight excluding hydrogens is 376 g/mol. The Morgan fingerprint density at radius 1 is 1.25 bits per heavy atom. The second kappa shape index (κ2) is 5.75. The monoisotopic (exact) mass is 390 g/mol. The van der Waals surface area contributed by atoms with Gasteiger partial charge in [0.2, 0.25) is 5.43 Å². The van der Waals surface area contributed by atoms with Crippen LogP contribution in [0.15, 0.2) is 45.8 Å². The predicted octanol–water partition coefficient (Wildman–Crippen LogP) is 1.66. The van der Waals surface area contributed by atoms with Gasteiger partial charge >= 0.3 is 0 Å². The van der Waals surface area contributed by atoms with E-state index in [2.05, 4.69) is 21.2 Å². The molecule has 1 aromatic heterocycles. The number of carbonyl (C=O) groups excluding carboxylic acids is 1. The average Bonchev–Trinajstić information content (AvgIpc) is 2.55. The van der Waals surface area contributed by atoms with E-state index in [-0.39, 0.29) is 34.9 Å².